The highest BCUT2D eigenvalue weighted by Gasteiger charge is 2.24. The summed E-state index contributed by atoms with van der Waals surface area (Å²) in [6, 6.07) is 2.21. The number of aromatic nitrogens is 5. The second-order valence-electron chi connectivity index (χ2n) is 5.78. The Morgan fingerprint density at radius 1 is 1.29 bits per heavy atom. The SMILES string of the molecule is Cn1ncc2c1-c1cc(-c3cnc4n3CCC4)[nH]c1NC2. The summed E-state index contributed by atoms with van der Waals surface area (Å²) in [7, 11) is 2.00. The van der Waals surface area contributed by atoms with Gasteiger partial charge in [-0.15, -0.1) is 0 Å². The van der Waals surface area contributed by atoms with Crippen molar-refractivity contribution in [3.05, 3.63) is 29.8 Å². The first-order valence-electron chi connectivity index (χ1n) is 7.34. The van der Waals surface area contributed by atoms with Crippen LogP contribution in [0.5, 0.6) is 0 Å². The van der Waals surface area contributed by atoms with Crippen molar-refractivity contribution in [2.45, 2.75) is 25.9 Å². The highest BCUT2D eigenvalue weighted by atomic mass is 15.3. The number of imidazole rings is 1. The Bertz CT molecular complexity index is 850. The van der Waals surface area contributed by atoms with E-state index in [1.54, 1.807) is 0 Å². The molecule has 3 aromatic rings. The van der Waals surface area contributed by atoms with Crippen molar-refractivity contribution in [2.75, 3.05) is 5.32 Å². The van der Waals surface area contributed by atoms with E-state index in [1.165, 1.54) is 34.8 Å². The van der Waals surface area contributed by atoms with Crippen LogP contribution in [0, 0.1) is 0 Å². The van der Waals surface area contributed by atoms with Crippen molar-refractivity contribution < 1.29 is 0 Å². The van der Waals surface area contributed by atoms with Crippen LogP contribution in [0.2, 0.25) is 0 Å². The number of anilines is 1. The first-order chi connectivity index (χ1) is 10.3. The second-order valence-corrected chi connectivity index (χ2v) is 5.78. The molecule has 21 heavy (non-hydrogen) atoms. The van der Waals surface area contributed by atoms with Crippen LogP contribution < -0.4 is 5.32 Å². The van der Waals surface area contributed by atoms with Gasteiger partial charge in [0.25, 0.3) is 0 Å². The van der Waals surface area contributed by atoms with Crippen molar-refractivity contribution >= 4 is 5.82 Å². The summed E-state index contributed by atoms with van der Waals surface area (Å²) in [4.78, 5) is 8.05. The van der Waals surface area contributed by atoms with E-state index in [9.17, 15) is 0 Å². The molecule has 0 unspecified atom stereocenters. The fraction of sp³-hybridized carbons (Fsp3) is 0.333. The van der Waals surface area contributed by atoms with Crippen molar-refractivity contribution in [2.24, 2.45) is 7.05 Å². The molecule has 6 nitrogen and oxygen atoms in total. The molecular formula is C15H16N6. The Morgan fingerprint density at radius 3 is 3.19 bits per heavy atom. The Balaban J connectivity index is 1.69. The standard InChI is InChI=1S/C15H16N6/c1-20-14-9(7-18-20)6-17-15-10(14)5-11(19-15)12-8-16-13-3-2-4-21(12)13/h5,7-8,17,19H,2-4,6H2,1H3. The van der Waals surface area contributed by atoms with Gasteiger partial charge in [0.2, 0.25) is 0 Å². The molecule has 0 aromatic carbocycles. The minimum Gasteiger partial charge on any atom is -0.367 e. The number of aromatic amines is 1. The monoisotopic (exact) mass is 280 g/mol. The molecule has 2 aliphatic heterocycles. The first-order valence-corrected chi connectivity index (χ1v) is 7.34. The maximum absolute atomic E-state index is 4.54. The van der Waals surface area contributed by atoms with E-state index in [4.69, 9.17) is 0 Å². The zero-order valence-corrected chi connectivity index (χ0v) is 11.8. The molecule has 0 saturated carbocycles. The third-order valence-corrected chi connectivity index (χ3v) is 4.54. The number of nitrogens with zero attached hydrogens (tertiary/aromatic N) is 4. The lowest BCUT2D eigenvalue weighted by atomic mass is 10.1. The molecule has 2 N–H and O–H groups in total. The van der Waals surface area contributed by atoms with Gasteiger partial charge >= 0.3 is 0 Å². The molecule has 0 saturated heterocycles. The zero-order valence-electron chi connectivity index (χ0n) is 11.8. The van der Waals surface area contributed by atoms with E-state index in [0.717, 1.165) is 31.0 Å². The molecular weight excluding hydrogens is 264 g/mol. The number of rotatable bonds is 1. The lowest BCUT2D eigenvalue weighted by molar-refractivity contribution is 0.754. The van der Waals surface area contributed by atoms with Crippen LogP contribution in [-0.2, 0) is 26.6 Å². The Kier molecular flexibility index (Phi) is 2.01. The van der Waals surface area contributed by atoms with Crippen LogP contribution in [0.15, 0.2) is 18.5 Å². The molecule has 0 bridgehead atoms. The predicted molar refractivity (Wildman–Crippen MR) is 79.9 cm³/mol. The quantitative estimate of drug-likeness (QED) is 0.718. The van der Waals surface area contributed by atoms with Gasteiger partial charge in [0.05, 0.1) is 29.5 Å². The Morgan fingerprint density at radius 2 is 2.24 bits per heavy atom. The Labute approximate surface area is 121 Å². The van der Waals surface area contributed by atoms with E-state index in [2.05, 4.69) is 31.0 Å². The van der Waals surface area contributed by atoms with Gasteiger partial charge in [0, 0.05) is 37.7 Å². The second kappa shape index (κ2) is 3.78. The fourth-order valence-corrected chi connectivity index (χ4v) is 3.54. The van der Waals surface area contributed by atoms with Gasteiger partial charge < -0.3 is 14.9 Å². The van der Waals surface area contributed by atoms with E-state index in [0.29, 0.717) is 0 Å². The summed E-state index contributed by atoms with van der Waals surface area (Å²) < 4.78 is 4.27. The summed E-state index contributed by atoms with van der Waals surface area (Å²) in [6.45, 7) is 1.89. The number of fused-ring (bicyclic) bond motifs is 4. The van der Waals surface area contributed by atoms with E-state index >= 15 is 0 Å². The number of aryl methyl sites for hydroxylation is 2. The zero-order chi connectivity index (χ0) is 14.0. The Hall–Kier alpha value is -2.50. The smallest absolute Gasteiger partial charge is 0.113 e. The maximum Gasteiger partial charge on any atom is 0.113 e. The molecule has 3 aromatic heterocycles. The third-order valence-electron chi connectivity index (χ3n) is 4.54. The van der Waals surface area contributed by atoms with Gasteiger partial charge in [0.15, 0.2) is 0 Å². The molecule has 6 heteroatoms. The summed E-state index contributed by atoms with van der Waals surface area (Å²) in [6.07, 6.45) is 6.20. The molecule has 0 amide bonds. The fourth-order valence-electron chi connectivity index (χ4n) is 3.54. The van der Waals surface area contributed by atoms with E-state index in [1.807, 2.05) is 24.1 Å². The van der Waals surface area contributed by atoms with Crippen molar-refractivity contribution in [3.8, 4) is 22.6 Å². The third kappa shape index (κ3) is 1.42. The summed E-state index contributed by atoms with van der Waals surface area (Å²) in [5.41, 5.74) is 5.95. The van der Waals surface area contributed by atoms with E-state index in [-0.39, 0.29) is 0 Å². The summed E-state index contributed by atoms with van der Waals surface area (Å²) in [5, 5.41) is 7.82. The predicted octanol–water partition coefficient (Wildman–Crippen LogP) is 2.15. The first kappa shape index (κ1) is 11.2. The van der Waals surface area contributed by atoms with Crippen molar-refractivity contribution in [3.63, 3.8) is 0 Å². The maximum atomic E-state index is 4.54. The molecule has 5 heterocycles. The van der Waals surface area contributed by atoms with Crippen molar-refractivity contribution in [1.29, 1.82) is 0 Å². The number of nitrogens with one attached hydrogen (secondary N) is 2. The van der Waals surface area contributed by atoms with E-state index < -0.39 is 0 Å². The number of H-pyrrole nitrogens is 1. The van der Waals surface area contributed by atoms with Crippen LogP contribution in [0.3, 0.4) is 0 Å². The van der Waals surface area contributed by atoms with Gasteiger partial charge in [-0.05, 0) is 12.5 Å². The van der Waals surface area contributed by atoms with Gasteiger partial charge in [-0.2, -0.15) is 5.10 Å². The number of hydrogen-bond acceptors (Lipinski definition) is 3. The van der Waals surface area contributed by atoms with Crippen LogP contribution >= 0.6 is 0 Å². The van der Waals surface area contributed by atoms with Crippen molar-refractivity contribution in [1.82, 2.24) is 24.3 Å². The van der Waals surface area contributed by atoms with Crippen LogP contribution in [-0.4, -0.2) is 24.3 Å². The van der Waals surface area contributed by atoms with Crippen LogP contribution in [0.1, 0.15) is 17.8 Å². The molecule has 106 valence electrons. The minimum atomic E-state index is 0.820. The van der Waals surface area contributed by atoms with Gasteiger partial charge in [-0.25, -0.2) is 4.98 Å². The molecule has 0 atom stereocenters. The summed E-state index contributed by atoms with van der Waals surface area (Å²) in [5.74, 6) is 2.28. The average Bonchev–Trinajstić information content (AvgIpc) is 3.18. The molecule has 0 radical (unpaired) electrons. The molecule has 0 fully saturated rings. The summed E-state index contributed by atoms with van der Waals surface area (Å²) >= 11 is 0. The van der Waals surface area contributed by atoms with Gasteiger partial charge in [-0.3, -0.25) is 4.68 Å². The molecule has 0 aliphatic carbocycles. The molecule has 0 spiro atoms. The topological polar surface area (TPSA) is 63.5 Å². The average molecular weight is 280 g/mol. The lowest BCUT2D eigenvalue weighted by Gasteiger charge is -2.14. The lowest BCUT2D eigenvalue weighted by Crippen LogP contribution is -2.08. The molecule has 5 rings (SSSR count). The number of hydrogen-bond donors (Lipinski definition) is 2. The normalized spacial score (nSPS) is 15.5. The highest BCUT2D eigenvalue weighted by Crippen LogP contribution is 2.38. The molecule has 2 aliphatic rings. The van der Waals surface area contributed by atoms with Crippen LogP contribution in [0.4, 0.5) is 5.82 Å². The van der Waals surface area contributed by atoms with Gasteiger partial charge in [0.1, 0.15) is 11.6 Å². The van der Waals surface area contributed by atoms with Crippen LogP contribution in [0.25, 0.3) is 22.6 Å². The highest BCUT2D eigenvalue weighted by molar-refractivity contribution is 5.83. The largest absolute Gasteiger partial charge is 0.367 e. The minimum absolute atomic E-state index is 0.820. The van der Waals surface area contributed by atoms with Gasteiger partial charge in [-0.1, -0.05) is 0 Å².